The van der Waals surface area contributed by atoms with E-state index in [4.69, 9.17) is 0 Å². The smallest absolute Gasteiger partial charge is 0.322 e. The first-order valence-corrected chi connectivity index (χ1v) is 15.2. The molecule has 2 heterocycles. The number of carbonyl (C=O) groups is 2. The number of rotatable bonds is 9. The van der Waals surface area contributed by atoms with Gasteiger partial charge in [-0.2, -0.15) is 13.2 Å². The summed E-state index contributed by atoms with van der Waals surface area (Å²) in [6.07, 6.45) is 4.22. The van der Waals surface area contributed by atoms with Crippen LogP contribution in [0.1, 0.15) is 27.8 Å². The van der Waals surface area contributed by atoms with Gasteiger partial charge in [-0.3, -0.25) is 9.59 Å². The molecule has 1 aliphatic rings. The number of alkyl halides is 3. The van der Waals surface area contributed by atoms with Gasteiger partial charge in [0.2, 0.25) is 11.8 Å². The van der Waals surface area contributed by atoms with Gasteiger partial charge in [0.25, 0.3) is 0 Å². The molecule has 0 saturated carbocycles. The normalized spacial score (nSPS) is 13.4. The van der Waals surface area contributed by atoms with E-state index in [1.165, 1.54) is 30.6 Å². The van der Waals surface area contributed by atoms with E-state index in [2.05, 4.69) is 9.97 Å². The molecule has 0 radical (unpaired) electrons. The highest BCUT2D eigenvalue weighted by Gasteiger charge is 2.36. The van der Waals surface area contributed by atoms with Crippen molar-refractivity contribution in [2.24, 2.45) is 0 Å². The summed E-state index contributed by atoms with van der Waals surface area (Å²) < 4.78 is 39.3. The molecule has 1 atom stereocenters. The molecule has 0 N–H and O–H groups in total. The summed E-state index contributed by atoms with van der Waals surface area (Å²) in [5, 5.41) is 0. The summed E-state index contributed by atoms with van der Waals surface area (Å²) in [5.41, 5.74) is 5.00. The highest BCUT2D eigenvalue weighted by Crippen LogP contribution is 2.31. The molecule has 0 bridgehead atoms. The van der Waals surface area contributed by atoms with Crippen LogP contribution in [-0.2, 0) is 35.2 Å². The van der Waals surface area contributed by atoms with Crippen LogP contribution >= 0.6 is 0 Å². The molecular formula is C38H31F3N4O2. The molecule has 2 amide bonds. The lowest BCUT2D eigenvalue weighted by atomic mass is 10.0. The Morgan fingerprint density at radius 3 is 2.19 bits per heavy atom. The van der Waals surface area contributed by atoms with Crippen molar-refractivity contribution in [3.05, 3.63) is 156 Å². The average Bonchev–Trinajstić information content (AvgIpc) is 3.54. The maximum absolute atomic E-state index is 14.5. The van der Waals surface area contributed by atoms with Crippen LogP contribution in [0.25, 0.3) is 17.2 Å². The van der Waals surface area contributed by atoms with E-state index >= 15 is 0 Å². The number of nitrogens with zero attached hydrogens (tertiary/aromatic N) is 4. The SMILES string of the molecule is O=C([C@H](Cc1ccccc1)N(Cc1ccc(-c2cncnc2)cc1)C(=O)/C=C/c1ccc(C(F)(F)F)cc1)N1CCc2ccccc21. The molecular weight excluding hydrogens is 601 g/mol. The Morgan fingerprint density at radius 1 is 0.809 bits per heavy atom. The molecule has 1 aliphatic heterocycles. The molecule has 6 rings (SSSR count). The number of hydrogen-bond donors (Lipinski definition) is 0. The molecule has 1 aromatic heterocycles. The average molecular weight is 633 g/mol. The lowest BCUT2D eigenvalue weighted by Gasteiger charge is -2.33. The first kappa shape index (κ1) is 31.4. The van der Waals surface area contributed by atoms with Crippen molar-refractivity contribution in [3.8, 4) is 11.1 Å². The second kappa shape index (κ2) is 13.8. The van der Waals surface area contributed by atoms with Crippen LogP contribution in [0, 0.1) is 0 Å². The largest absolute Gasteiger partial charge is 0.416 e. The highest BCUT2D eigenvalue weighted by molar-refractivity contribution is 6.02. The zero-order chi connectivity index (χ0) is 32.8. The summed E-state index contributed by atoms with van der Waals surface area (Å²) in [6.45, 7) is 0.626. The Morgan fingerprint density at radius 2 is 1.49 bits per heavy atom. The van der Waals surface area contributed by atoms with E-state index in [1.54, 1.807) is 22.2 Å². The molecule has 0 fully saturated rings. The van der Waals surface area contributed by atoms with Crippen molar-refractivity contribution in [2.75, 3.05) is 11.4 Å². The van der Waals surface area contributed by atoms with Crippen LogP contribution in [0.15, 0.2) is 128 Å². The van der Waals surface area contributed by atoms with E-state index < -0.39 is 23.7 Å². The molecule has 0 spiro atoms. The summed E-state index contributed by atoms with van der Waals surface area (Å²) in [4.78, 5) is 40.1. The van der Waals surface area contributed by atoms with Gasteiger partial charge in [0, 0.05) is 49.2 Å². The lowest BCUT2D eigenvalue weighted by Crippen LogP contribution is -2.51. The van der Waals surface area contributed by atoms with Crippen molar-refractivity contribution in [3.63, 3.8) is 0 Å². The molecule has 5 aromatic rings. The van der Waals surface area contributed by atoms with Gasteiger partial charge in [0.15, 0.2) is 0 Å². The Labute approximate surface area is 270 Å². The maximum atomic E-state index is 14.5. The Hall–Kier alpha value is -5.57. The van der Waals surface area contributed by atoms with Crippen LogP contribution in [0.3, 0.4) is 0 Å². The van der Waals surface area contributed by atoms with Gasteiger partial charge >= 0.3 is 6.18 Å². The fourth-order valence-corrected chi connectivity index (χ4v) is 5.75. The third-order valence-electron chi connectivity index (χ3n) is 8.23. The Balaban J connectivity index is 1.35. The predicted octanol–water partition coefficient (Wildman–Crippen LogP) is 7.41. The number of amides is 2. The van der Waals surface area contributed by atoms with Crippen molar-refractivity contribution < 1.29 is 22.8 Å². The second-order valence-electron chi connectivity index (χ2n) is 11.3. The molecule has 0 unspecified atom stereocenters. The topological polar surface area (TPSA) is 66.4 Å². The molecule has 4 aromatic carbocycles. The number of fused-ring (bicyclic) bond motifs is 1. The molecule has 236 valence electrons. The number of anilines is 1. The third kappa shape index (κ3) is 7.47. The minimum absolute atomic E-state index is 0.125. The van der Waals surface area contributed by atoms with E-state index in [0.29, 0.717) is 18.5 Å². The number of carbonyl (C=O) groups excluding carboxylic acids is 2. The van der Waals surface area contributed by atoms with Gasteiger partial charge in [-0.1, -0.05) is 84.9 Å². The van der Waals surface area contributed by atoms with Crippen molar-refractivity contribution in [1.82, 2.24) is 14.9 Å². The number of hydrogen-bond acceptors (Lipinski definition) is 4. The molecule has 0 aliphatic carbocycles. The fraction of sp³-hybridized carbons (Fsp3) is 0.158. The number of halogens is 3. The van der Waals surface area contributed by atoms with Gasteiger partial charge in [-0.25, -0.2) is 9.97 Å². The predicted molar refractivity (Wildman–Crippen MR) is 175 cm³/mol. The first-order valence-electron chi connectivity index (χ1n) is 15.2. The summed E-state index contributed by atoms with van der Waals surface area (Å²) >= 11 is 0. The summed E-state index contributed by atoms with van der Waals surface area (Å²) in [7, 11) is 0. The van der Waals surface area contributed by atoms with E-state index in [-0.39, 0.29) is 18.9 Å². The van der Waals surface area contributed by atoms with Gasteiger partial charge in [-0.05, 0) is 58.5 Å². The van der Waals surface area contributed by atoms with Crippen molar-refractivity contribution >= 4 is 23.6 Å². The van der Waals surface area contributed by atoms with Gasteiger partial charge in [-0.15, -0.1) is 0 Å². The Kier molecular flexibility index (Phi) is 9.24. The summed E-state index contributed by atoms with van der Waals surface area (Å²) in [6, 6.07) is 28.7. The van der Waals surface area contributed by atoms with Crippen molar-refractivity contribution in [1.29, 1.82) is 0 Å². The van der Waals surface area contributed by atoms with E-state index in [0.717, 1.165) is 45.6 Å². The van der Waals surface area contributed by atoms with Crippen LogP contribution in [-0.4, -0.2) is 39.3 Å². The van der Waals surface area contributed by atoms with Crippen molar-refractivity contribution in [2.45, 2.75) is 31.6 Å². The minimum atomic E-state index is -4.46. The number of aromatic nitrogens is 2. The molecule has 6 nitrogen and oxygen atoms in total. The lowest BCUT2D eigenvalue weighted by molar-refractivity contribution is -0.137. The maximum Gasteiger partial charge on any atom is 0.416 e. The fourth-order valence-electron chi connectivity index (χ4n) is 5.75. The molecule has 47 heavy (non-hydrogen) atoms. The van der Waals surface area contributed by atoms with Gasteiger partial charge in [0.05, 0.1) is 5.56 Å². The third-order valence-corrected chi connectivity index (χ3v) is 8.23. The summed E-state index contributed by atoms with van der Waals surface area (Å²) in [5.74, 6) is -0.639. The zero-order valence-corrected chi connectivity index (χ0v) is 25.3. The number of para-hydroxylation sites is 1. The Bertz CT molecular complexity index is 1860. The minimum Gasteiger partial charge on any atom is -0.322 e. The van der Waals surface area contributed by atoms with Gasteiger partial charge in [0.1, 0.15) is 12.4 Å². The zero-order valence-electron chi connectivity index (χ0n) is 25.3. The van der Waals surface area contributed by atoms with Gasteiger partial charge < -0.3 is 9.80 Å². The van der Waals surface area contributed by atoms with E-state index in [1.807, 2.05) is 78.9 Å². The van der Waals surface area contributed by atoms with Crippen LogP contribution < -0.4 is 4.90 Å². The monoisotopic (exact) mass is 632 g/mol. The standard InChI is InChI=1S/C38H31F3N4O2/c39-38(40,41)33-17-12-27(13-18-33)14-19-36(46)45(25-29-10-15-30(16-11-29)32-23-42-26-43-24-32)35(22-28-6-2-1-3-7-28)37(47)44-21-20-31-8-4-5-9-34(31)44/h1-19,23-24,26,35H,20-22,25H2/b19-14+/t35-/m0/s1. The molecule has 9 heteroatoms. The quantitative estimate of drug-likeness (QED) is 0.159. The number of benzene rings is 4. The van der Waals surface area contributed by atoms with Crippen LogP contribution in [0.4, 0.5) is 18.9 Å². The van der Waals surface area contributed by atoms with Crippen LogP contribution in [0.5, 0.6) is 0 Å². The second-order valence-corrected chi connectivity index (χ2v) is 11.3. The van der Waals surface area contributed by atoms with E-state index in [9.17, 15) is 22.8 Å². The molecule has 0 saturated heterocycles. The van der Waals surface area contributed by atoms with Crippen LogP contribution in [0.2, 0.25) is 0 Å². The highest BCUT2D eigenvalue weighted by atomic mass is 19.4. The first-order chi connectivity index (χ1) is 22.8.